The van der Waals surface area contributed by atoms with E-state index in [0.29, 0.717) is 29.9 Å². The minimum absolute atomic E-state index is 0.189. The van der Waals surface area contributed by atoms with E-state index in [9.17, 15) is 8.78 Å². The Morgan fingerprint density at radius 3 is 2.33 bits per heavy atom. The lowest BCUT2D eigenvalue weighted by Gasteiger charge is -2.34. The summed E-state index contributed by atoms with van der Waals surface area (Å²) in [4.78, 5) is 16.5. The van der Waals surface area contributed by atoms with E-state index in [0.717, 1.165) is 63.0 Å². The highest BCUT2D eigenvalue weighted by Crippen LogP contribution is 2.37. The van der Waals surface area contributed by atoms with Crippen molar-refractivity contribution < 1.29 is 23.0 Å². The highest BCUT2D eigenvalue weighted by molar-refractivity contribution is 5.93. The van der Waals surface area contributed by atoms with Crippen LogP contribution in [-0.2, 0) is 4.74 Å². The molecule has 0 bridgehead atoms. The van der Waals surface area contributed by atoms with Crippen LogP contribution in [0.4, 0.5) is 20.5 Å². The van der Waals surface area contributed by atoms with E-state index in [1.807, 2.05) is 17.0 Å². The second-order valence-corrected chi connectivity index (χ2v) is 11.2. The molecular weight excluding hydrogens is 518 g/mol. The average molecular weight is 563 g/mol. The standard InChI is InChI=1S/C29H44F2N6O3/c1-38-19-17-36-13-6-22(7-14-36)32-27-23-20-25(39-2)26(40-18-5-12-35-10-3-4-11-35)21-24(23)33-28(34-27)37-15-8-29(30,31)9-16-37/h20-22H,3-19H2,1-2H3,(H,32,33,34). The molecule has 2 aromatic rings. The molecule has 5 rings (SSSR count). The van der Waals surface area contributed by atoms with Gasteiger partial charge in [0.1, 0.15) is 5.82 Å². The van der Waals surface area contributed by atoms with Crippen LogP contribution in [-0.4, -0.2) is 112 Å². The number of piperidine rings is 2. The van der Waals surface area contributed by atoms with Crippen molar-refractivity contribution in [1.29, 1.82) is 0 Å². The fraction of sp³-hybridized carbons (Fsp3) is 0.724. The summed E-state index contributed by atoms with van der Waals surface area (Å²) in [5.74, 6) is -0.155. The Kier molecular flexibility index (Phi) is 9.75. The number of aromatic nitrogens is 2. The molecule has 1 aromatic heterocycles. The zero-order valence-corrected chi connectivity index (χ0v) is 24.0. The van der Waals surface area contributed by atoms with Crippen molar-refractivity contribution in [2.45, 2.75) is 56.9 Å². The van der Waals surface area contributed by atoms with Crippen LogP contribution < -0.4 is 19.7 Å². The molecular formula is C29H44F2N6O3. The summed E-state index contributed by atoms with van der Waals surface area (Å²) in [6.45, 7) is 8.04. The molecule has 40 heavy (non-hydrogen) atoms. The van der Waals surface area contributed by atoms with Gasteiger partial charge in [0.05, 0.1) is 25.8 Å². The van der Waals surface area contributed by atoms with Crippen molar-refractivity contribution in [1.82, 2.24) is 19.8 Å². The molecule has 1 aromatic carbocycles. The molecule has 3 fully saturated rings. The number of nitrogens with zero attached hydrogens (tertiary/aromatic N) is 5. The largest absolute Gasteiger partial charge is 0.493 e. The summed E-state index contributed by atoms with van der Waals surface area (Å²) in [7, 11) is 3.37. The van der Waals surface area contributed by atoms with Crippen molar-refractivity contribution in [3.8, 4) is 11.5 Å². The number of fused-ring (bicyclic) bond motifs is 1. The number of methoxy groups -OCH3 is 2. The molecule has 0 saturated carbocycles. The Morgan fingerprint density at radius 1 is 0.900 bits per heavy atom. The van der Waals surface area contributed by atoms with Crippen LogP contribution in [0.2, 0.25) is 0 Å². The van der Waals surface area contributed by atoms with Gasteiger partial charge in [-0.1, -0.05) is 0 Å². The zero-order chi connectivity index (χ0) is 28.0. The van der Waals surface area contributed by atoms with Crippen molar-refractivity contribution in [2.24, 2.45) is 0 Å². The van der Waals surface area contributed by atoms with E-state index < -0.39 is 5.92 Å². The van der Waals surface area contributed by atoms with Gasteiger partial charge in [0, 0.05) is 76.7 Å². The monoisotopic (exact) mass is 562 g/mol. The maximum Gasteiger partial charge on any atom is 0.251 e. The van der Waals surface area contributed by atoms with Gasteiger partial charge in [-0.15, -0.1) is 0 Å². The molecule has 4 heterocycles. The molecule has 1 N–H and O–H groups in total. The van der Waals surface area contributed by atoms with Crippen molar-refractivity contribution in [3.05, 3.63) is 12.1 Å². The number of alkyl halides is 2. The Labute approximate surface area is 236 Å². The van der Waals surface area contributed by atoms with E-state index in [1.54, 1.807) is 14.2 Å². The Balaban J connectivity index is 1.36. The van der Waals surface area contributed by atoms with Gasteiger partial charge in [-0.25, -0.2) is 13.8 Å². The number of likely N-dealkylation sites (tertiary alicyclic amines) is 2. The fourth-order valence-electron chi connectivity index (χ4n) is 5.87. The topological polar surface area (TPSA) is 75.2 Å². The lowest BCUT2D eigenvalue weighted by Crippen LogP contribution is -2.41. The van der Waals surface area contributed by atoms with Crippen molar-refractivity contribution >= 4 is 22.7 Å². The van der Waals surface area contributed by atoms with Gasteiger partial charge >= 0.3 is 0 Å². The Morgan fingerprint density at radius 2 is 1.62 bits per heavy atom. The van der Waals surface area contributed by atoms with Crippen LogP contribution in [0.3, 0.4) is 0 Å². The highest BCUT2D eigenvalue weighted by Gasteiger charge is 2.35. The molecule has 0 radical (unpaired) electrons. The second-order valence-electron chi connectivity index (χ2n) is 11.2. The number of ether oxygens (including phenoxy) is 3. The number of halogens is 2. The molecule has 0 spiro atoms. The lowest BCUT2D eigenvalue weighted by molar-refractivity contribution is -0.0222. The van der Waals surface area contributed by atoms with Gasteiger partial charge < -0.3 is 34.2 Å². The Hall–Kier alpha value is -2.50. The molecule has 222 valence electrons. The minimum atomic E-state index is -2.63. The van der Waals surface area contributed by atoms with Crippen LogP contribution in [0.15, 0.2) is 12.1 Å². The van der Waals surface area contributed by atoms with Gasteiger partial charge in [-0.05, 0) is 51.3 Å². The molecule has 3 saturated heterocycles. The molecule has 11 heteroatoms. The quantitative estimate of drug-likeness (QED) is 0.382. The van der Waals surface area contributed by atoms with E-state index in [2.05, 4.69) is 15.1 Å². The van der Waals surface area contributed by atoms with E-state index in [1.165, 1.54) is 25.9 Å². The summed E-state index contributed by atoms with van der Waals surface area (Å²) in [5.41, 5.74) is 0.720. The zero-order valence-electron chi connectivity index (χ0n) is 24.0. The first-order chi connectivity index (χ1) is 19.4. The second kappa shape index (κ2) is 13.4. The van der Waals surface area contributed by atoms with Crippen LogP contribution in [0.25, 0.3) is 10.9 Å². The third kappa shape index (κ3) is 7.41. The molecule has 3 aliphatic rings. The van der Waals surface area contributed by atoms with Crippen molar-refractivity contribution in [3.63, 3.8) is 0 Å². The number of rotatable bonds is 12. The first-order valence-corrected chi connectivity index (χ1v) is 14.8. The molecule has 0 aliphatic carbocycles. The number of benzene rings is 1. The first-order valence-electron chi connectivity index (χ1n) is 14.8. The third-order valence-corrected chi connectivity index (χ3v) is 8.36. The highest BCUT2D eigenvalue weighted by atomic mass is 19.3. The number of anilines is 2. The molecule has 3 aliphatic heterocycles. The van der Waals surface area contributed by atoms with Crippen molar-refractivity contribution in [2.75, 3.05) is 90.0 Å². The summed E-state index contributed by atoms with van der Waals surface area (Å²) >= 11 is 0. The molecule has 0 amide bonds. The molecule has 0 unspecified atom stereocenters. The molecule has 0 atom stereocenters. The summed E-state index contributed by atoms with van der Waals surface area (Å²) < 4.78 is 44.9. The predicted molar refractivity (Wildman–Crippen MR) is 153 cm³/mol. The SMILES string of the molecule is COCCN1CCC(Nc2nc(N3CCC(F)(F)CC3)nc3cc(OCCCN4CCCC4)c(OC)cc23)CC1. The van der Waals surface area contributed by atoms with E-state index in [4.69, 9.17) is 24.2 Å². The minimum Gasteiger partial charge on any atom is -0.493 e. The number of hydrogen-bond acceptors (Lipinski definition) is 9. The third-order valence-electron chi connectivity index (χ3n) is 8.36. The first kappa shape index (κ1) is 29.0. The van der Waals surface area contributed by atoms with Crippen LogP contribution in [0.5, 0.6) is 11.5 Å². The van der Waals surface area contributed by atoms with E-state index in [-0.39, 0.29) is 32.0 Å². The summed E-state index contributed by atoms with van der Waals surface area (Å²) in [6.07, 6.45) is 5.08. The fourth-order valence-corrected chi connectivity index (χ4v) is 5.87. The lowest BCUT2D eigenvalue weighted by atomic mass is 10.0. The summed E-state index contributed by atoms with van der Waals surface area (Å²) in [6, 6.07) is 4.10. The van der Waals surface area contributed by atoms with Gasteiger partial charge in [-0.2, -0.15) is 4.98 Å². The van der Waals surface area contributed by atoms with Gasteiger partial charge in [0.15, 0.2) is 11.5 Å². The summed E-state index contributed by atoms with van der Waals surface area (Å²) in [5, 5.41) is 4.51. The number of nitrogens with one attached hydrogen (secondary N) is 1. The van der Waals surface area contributed by atoms with Crippen LogP contribution >= 0.6 is 0 Å². The maximum atomic E-state index is 13.9. The maximum absolute atomic E-state index is 13.9. The van der Waals surface area contributed by atoms with Crippen LogP contribution in [0, 0.1) is 0 Å². The van der Waals surface area contributed by atoms with Gasteiger partial charge in [0.2, 0.25) is 5.95 Å². The number of hydrogen-bond donors (Lipinski definition) is 1. The predicted octanol–water partition coefficient (Wildman–Crippen LogP) is 4.26. The van der Waals surface area contributed by atoms with E-state index >= 15 is 0 Å². The van der Waals surface area contributed by atoms with Gasteiger partial charge in [-0.3, -0.25) is 0 Å². The molecule has 9 nitrogen and oxygen atoms in total. The normalized spacial score (nSPS) is 20.8. The Bertz CT molecular complexity index is 1100. The van der Waals surface area contributed by atoms with Gasteiger partial charge in [0.25, 0.3) is 5.92 Å². The smallest absolute Gasteiger partial charge is 0.251 e. The van der Waals surface area contributed by atoms with Crippen LogP contribution in [0.1, 0.15) is 44.9 Å². The average Bonchev–Trinajstić information content (AvgIpc) is 3.48.